The van der Waals surface area contributed by atoms with Gasteiger partial charge in [-0.25, -0.2) is 13.4 Å². The molecule has 0 atom stereocenters. The minimum Gasteiger partial charge on any atom is -0.332 e. The normalized spacial score (nSPS) is 19.6. The Kier molecular flexibility index (Phi) is 3.64. The van der Waals surface area contributed by atoms with E-state index in [9.17, 15) is 12.6 Å². The highest BCUT2D eigenvalue weighted by Crippen LogP contribution is 2.15. The summed E-state index contributed by atoms with van der Waals surface area (Å²) in [6, 6.07) is 0. The Morgan fingerprint density at radius 3 is 2.65 bits per heavy atom. The van der Waals surface area contributed by atoms with Gasteiger partial charge in [-0.05, 0) is 0 Å². The molecule has 0 saturated carbocycles. The number of rotatable bonds is 3. The third-order valence-electron chi connectivity index (χ3n) is 2.69. The van der Waals surface area contributed by atoms with Crippen LogP contribution < -0.4 is 0 Å². The van der Waals surface area contributed by atoms with Crippen molar-refractivity contribution in [3.8, 4) is 0 Å². The van der Waals surface area contributed by atoms with E-state index in [1.165, 1.54) is 10.5 Å². The van der Waals surface area contributed by atoms with Crippen LogP contribution in [0.25, 0.3) is 0 Å². The Labute approximate surface area is 103 Å². The van der Waals surface area contributed by atoms with E-state index >= 15 is 0 Å². The van der Waals surface area contributed by atoms with E-state index in [4.69, 9.17) is 0 Å². The van der Waals surface area contributed by atoms with Crippen molar-refractivity contribution in [3.63, 3.8) is 0 Å². The van der Waals surface area contributed by atoms with Crippen molar-refractivity contribution < 1.29 is 12.6 Å². The van der Waals surface area contributed by atoms with Crippen LogP contribution >= 0.6 is 0 Å². The maximum absolute atomic E-state index is 12.2. The number of hydrogen-bond donors (Lipinski definition) is 1. The largest absolute Gasteiger partial charge is 0.332 e. The predicted molar refractivity (Wildman–Crippen MR) is 64.6 cm³/mol. The van der Waals surface area contributed by atoms with Crippen LogP contribution in [0.4, 0.5) is 0 Å². The van der Waals surface area contributed by atoms with Crippen molar-refractivity contribution in [3.05, 3.63) is 12.0 Å². The molecule has 0 aromatic carbocycles. The van der Waals surface area contributed by atoms with Crippen molar-refractivity contribution in [2.45, 2.75) is 18.4 Å². The first-order valence-electron chi connectivity index (χ1n) is 5.43. The Balaban J connectivity index is 2.21. The van der Waals surface area contributed by atoms with Gasteiger partial charge in [0.15, 0.2) is 5.03 Å². The quantitative estimate of drug-likeness (QED) is 0.824. The number of aromatic nitrogens is 2. The summed E-state index contributed by atoms with van der Waals surface area (Å²) in [6.45, 7) is 2.53. The van der Waals surface area contributed by atoms with Gasteiger partial charge in [-0.15, -0.1) is 0 Å². The molecule has 1 fully saturated rings. The van der Waals surface area contributed by atoms with E-state index in [-0.39, 0.29) is 5.03 Å². The molecule has 2 heterocycles. The first-order chi connectivity index (χ1) is 8.04. The second kappa shape index (κ2) is 4.87. The monoisotopic (exact) mass is 277 g/mol. The van der Waals surface area contributed by atoms with Gasteiger partial charge in [0.1, 0.15) is 5.82 Å². The van der Waals surface area contributed by atoms with E-state index < -0.39 is 20.8 Å². The Bertz CT molecular complexity index is 513. The summed E-state index contributed by atoms with van der Waals surface area (Å²) < 4.78 is 36.9. The Morgan fingerprint density at radius 1 is 1.47 bits per heavy atom. The molecule has 8 heteroatoms. The molecule has 0 bridgehead atoms. The molecule has 1 saturated heterocycles. The van der Waals surface area contributed by atoms with Gasteiger partial charge in [0.05, 0.1) is 6.20 Å². The maximum Gasteiger partial charge on any atom is 0.260 e. The molecule has 6 nitrogen and oxygen atoms in total. The molecular weight excluding hydrogens is 262 g/mol. The fourth-order valence-corrected chi connectivity index (χ4v) is 4.31. The van der Waals surface area contributed by atoms with Gasteiger partial charge >= 0.3 is 0 Å². The van der Waals surface area contributed by atoms with E-state index in [1.807, 2.05) is 6.92 Å². The first-order valence-corrected chi connectivity index (χ1v) is 8.36. The van der Waals surface area contributed by atoms with Gasteiger partial charge in [-0.3, -0.25) is 4.21 Å². The number of nitrogens with zero attached hydrogens (tertiary/aromatic N) is 2. The van der Waals surface area contributed by atoms with Crippen molar-refractivity contribution in [1.82, 2.24) is 14.3 Å². The van der Waals surface area contributed by atoms with Crippen molar-refractivity contribution in [2.75, 3.05) is 24.6 Å². The standard InChI is InChI=1S/C9H15N3O3S2/c1-2-8-10-7-9(11-8)17(14,15)12-3-5-16(13)6-4-12/h7H,2-6H2,1H3,(H,10,11). The average molecular weight is 277 g/mol. The summed E-state index contributed by atoms with van der Waals surface area (Å²) in [7, 11) is -4.37. The molecule has 1 N–H and O–H groups in total. The summed E-state index contributed by atoms with van der Waals surface area (Å²) in [5.41, 5.74) is 0. The molecule has 0 spiro atoms. The minimum absolute atomic E-state index is 0.127. The lowest BCUT2D eigenvalue weighted by Crippen LogP contribution is -2.41. The summed E-state index contributed by atoms with van der Waals surface area (Å²) in [5, 5.41) is 0.127. The fourth-order valence-electron chi connectivity index (χ4n) is 1.65. The average Bonchev–Trinajstić information content (AvgIpc) is 2.78. The fraction of sp³-hybridized carbons (Fsp3) is 0.667. The lowest BCUT2D eigenvalue weighted by Gasteiger charge is -2.24. The first kappa shape index (κ1) is 12.7. The van der Waals surface area contributed by atoms with Crippen LogP contribution in [0.2, 0.25) is 0 Å². The molecule has 0 radical (unpaired) electrons. The summed E-state index contributed by atoms with van der Waals surface area (Å²) in [5.74, 6) is 1.48. The number of aromatic amines is 1. The van der Waals surface area contributed by atoms with Gasteiger partial charge in [0.25, 0.3) is 10.0 Å². The summed E-state index contributed by atoms with van der Waals surface area (Å²) in [4.78, 5) is 6.78. The van der Waals surface area contributed by atoms with E-state index in [0.29, 0.717) is 36.8 Å². The van der Waals surface area contributed by atoms with Gasteiger partial charge < -0.3 is 4.98 Å². The molecule has 0 amide bonds. The highest BCUT2D eigenvalue weighted by atomic mass is 32.2. The summed E-state index contributed by atoms with van der Waals surface area (Å²) in [6.07, 6.45) is 2.01. The number of nitrogens with one attached hydrogen (secondary N) is 1. The van der Waals surface area contributed by atoms with Gasteiger partial charge in [0.2, 0.25) is 0 Å². The third-order valence-corrected chi connectivity index (χ3v) is 5.78. The second-order valence-electron chi connectivity index (χ2n) is 3.80. The number of hydrogen-bond acceptors (Lipinski definition) is 4. The van der Waals surface area contributed by atoms with Crippen LogP contribution in [0.5, 0.6) is 0 Å². The SMILES string of the molecule is CCc1ncc(S(=O)(=O)N2CCS(=O)CC2)[nH]1. The Morgan fingerprint density at radius 2 is 2.12 bits per heavy atom. The van der Waals surface area contributed by atoms with Crippen LogP contribution in [-0.4, -0.2) is 51.5 Å². The van der Waals surface area contributed by atoms with Crippen LogP contribution in [0.3, 0.4) is 0 Å². The Hall–Kier alpha value is -0.730. The van der Waals surface area contributed by atoms with Crippen molar-refractivity contribution in [1.29, 1.82) is 0 Å². The van der Waals surface area contributed by atoms with E-state index in [1.54, 1.807) is 0 Å². The molecule has 0 aliphatic carbocycles. The predicted octanol–water partition coefficient (Wildman–Crippen LogP) is -0.275. The maximum atomic E-state index is 12.2. The number of imidazole rings is 1. The second-order valence-corrected chi connectivity index (χ2v) is 7.40. The molecule has 0 unspecified atom stereocenters. The molecule has 96 valence electrons. The molecule has 1 aliphatic heterocycles. The van der Waals surface area contributed by atoms with Crippen LogP contribution in [0, 0.1) is 0 Å². The van der Waals surface area contributed by atoms with Crippen molar-refractivity contribution >= 4 is 20.8 Å². The third kappa shape index (κ3) is 2.58. The molecular formula is C9H15N3O3S2. The van der Waals surface area contributed by atoms with E-state index in [0.717, 1.165) is 0 Å². The molecule has 1 aliphatic rings. The molecule has 1 aromatic heterocycles. The van der Waals surface area contributed by atoms with Crippen LogP contribution in [0.15, 0.2) is 11.2 Å². The van der Waals surface area contributed by atoms with Crippen LogP contribution in [0.1, 0.15) is 12.7 Å². The highest BCUT2D eigenvalue weighted by Gasteiger charge is 2.29. The smallest absolute Gasteiger partial charge is 0.260 e. The highest BCUT2D eigenvalue weighted by molar-refractivity contribution is 7.89. The zero-order valence-electron chi connectivity index (χ0n) is 9.55. The van der Waals surface area contributed by atoms with Crippen molar-refractivity contribution in [2.24, 2.45) is 0 Å². The van der Waals surface area contributed by atoms with Gasteiger partial charge in [-0.2, -0.15) is 4.31 Å². The van der Waals surface area contributed by atoms with Gasteiger partial charge in [-0.1, -0.05) is 6.92 Å². The molecule has 1 aromatic rings. The zero-order valence-corrected chi connectivity index (χ0v) is 11.2. The lowest BCUT2D eigenvalue weighted by atomic mass is 10.5. The number of sulfonamides is 1. The topological polar surface area (TPSA) is 83.1 Å². The number of H-pyrrole nitrogens is 1. The number of aryl methyl sites for hydroxylation is 1. The summed E-state index contributed by atoms with van der Waals surface area (Å²) >= 11 is 0. The zero-order chi connectivity index (χ0) is 12.5. The minimum atomic E-state index is -3.49. The van der Waals surface area contributed by atoms with Gasteiger partial charge in [0, 0.05) is 41.8 Å². The molecule has 2 rings (SSSR count). The van der Waals surface area contributed by atoms with E-state index in [2.05, 4.69) is 9.97 Å². The molecule has 17 heavy (non-hydrogen) atoms. The lowest BCUT2D eigenvalue weighted by molar-refractivity contribution is 0.436. The van der Waals surface area contributed by atoms with Crippen LogP contribution in [-0.2, 0) is 27.2 Å².